The van der Waals surface area contributed by atoms with Crippen LogP contribution in [-0.2, 0) is 9.63 Å². The first-order valence-corrected chi connectivity index (χ1v) is 9.03. The van der Waals surface area contributed by atoms with Crippen LogP contribution in [0.2, 0.25) is 0 Å². The number of allylic oxidation sites excluding steroid dienone is 2. The minimum Gasteiger partial charge on any atom is -0.511 e. The molecule has 0 heterocycles. The third kappa shape index (κ3) is 3.78. The first kappa shape index (κ1) is 19.2. The highest BCUT2D eigenvalue weighted by molar-refractivity contribution is 6.23. The topological polar surface area (TPSA) is 58.9 Å². The Balaban J connectivity index is 2.43. The van der Waals surface area contributed by atoms with Crippen molar-refractivity contribution >= 4 is 11.5 Å². The molecule has 0 saturated carbocycles. The van der Waals surface area contributed by atoms with Crippen LogP contribution >= 0.6 is 0 Å². The van der Waals surface area contributed by atoms with Crippen LogP contribution in [0, 0.1) is 27.7 Å². The van der Waals surface area contributed by atoms with Gasteiger partial charge < -0.3 is 9.94 Å². The number of oxime groups is 1. The molecule has 1 unspecified atom stereocenters. The fourth-order valence-corrected chi connectivity index (χ4v) is 3.79. The van der Waals surface area contributed by atoms with E-state index in [1.54, 1.807) is 0 Å². The number of hydrogen-bond acceptors (Lipinski definition) is 4. The van der Waals surface area contributed by atoms with Crippen LogP contribution in [0.25, 0.3) is 0 Å². The first-order chi connectivity index (χ1) is 11.8. The summed E-state index contributed by atoms with van der Waals surface area (Å²) in [7, 11) is 0. The quantitative estimate of drug-likeness (QED) is 0.606. The molecule has 0 amide bonds. The van der Waals surface area contributed by atoms with E-state index in [9.17, 15) is 9.90 Å². The Kier molecular flexibility index (Phi) is 6.04. The lowest BCUT2D eigenvalue weighted by Gasteiger charge is -2.28. The summed E-state index contributed by atoms with van der Waals surface area (Å²) < 4.78 is 0. The highest BCUT2D eigenvalue weighted by atomic mass is 16.6. The fourth-order valence-electron chi connectivity index (χ4n) is 3.79. The molecule has 0 spiro atoms. The lowest BCUT2D eigenvalue weighted by atomic mass is 9.77. The van der Waals surface area contributed by atoms with E-state index in [0.717, 1.165) is 0 Å². The molecule has 25 heavy (non-hydrogen) atoms. The molecule has 0 aromatic heterocycles. The molecule has 136 valence electrons. The van der Waals surface area contributed by atoms with E-state index < -0.39 is 0 Å². The zero-order valence-corrected chi connectivity index (χ0v) is 16.2. The summed E-state index contributed by atoms with van der Waals surface area (Å²) in [5.41, 5.74) is 7.02. The fraction of sp³-hybridized carbons (Fsp3) is 0.524. The molecule has 1 aliphatic rings. The van der Waals surface area contributed by atoms with Crippen molar-refractivity contribution < 1.29 is 14.7 Å². The van der Waals surface area contributed by atoms with E-state index in [-0.39, 0.29) is 17.5 Å². The Bertz CT molecular complexity index is 744. The number of benzene rings is 1. The number of hydrogen-bond donors (Lipinski definition) is 1. The molecule has 0 radical (unpaired) electrons. The van der Waals surface area contributed by atoms with Gasteiger partial charge in [0.25, 0.3) is 0 Å². The number of carbonyl (C=O) groups excluding carboxylic acids is 1. The van der Waals surface area contributed by atoms with Crippen molar-refractivity contribution in [3.63, 3.8) is 0 Å². The molecule has 0 aliphatic heterocycles. The Hall–Kier alpha value is -2.10. The average molecular weight is 343 g/mol. The molecule has 4 heteroatoms. The highest BCUT2D eigenvalue weighted by Crippen LogP contribution is 2.38. The van der Waals surface area contributed by atoms with Crippen LogP contribution in [0.4, 0.5) is 0 Å². The van der Waals surface area contributed by atoms with Crippen molar-refractivity contribution in [2.24, 2.45) is 5.16 Å². The zero-order chi connectivity index (χ0) is 18.7. The summed E-state index contributed by atoms with van der Waals surface area (Å²) in [5.74, 6) is 0.102. The summed E-state index contributed by atoms with van der Waals surface area (Å²) >= 11 is 0. The van der Waals surface area contributed by atoms with Gasteiger partial charge in [-0.1, -0.05) is 18.1 Å². The monoisotopic (exact) mass is 343 g/mol. The summed E-state index contributed by atoms with van der Waals surface area (Å²) in [4.78, 5) is 17.9. The van der Waals surface area contributed by atoms with Gasteiger partial charge in [-0.2, -0.15) is 0 Å². The van der Waals surface area contributed by atoms with Gasteiger partial charge in [-0.25, -0.2) is 0 Å². The number of aryl methyl sites for hydroxylation is 2. The Morgan fingerprint density at radius 2 is 1.84 bits per heavy atom. The Morgan fingerprint density at radius 3 is 2.40 bits per heavy atom. The van der Waals surface area contributed by atoms with Crippen molar-refractivity contribution in [1.29, 1.82) is 0 Å². The van der Waals surface area contributed by atoms with Gasteiger partial charge in [-0.3, -0.25) is 4.79 Å². The van der Waals surface area contributed by atoms with E-state index in [0.29, 0.717) is 37.2 Å². The molecule has 1 aromatic carbocycles. The maximum atomic E-state index is 12.8. The van der Waals surface area contributed by atoms with Crippen LogP contribution in [0.5, 0.6) is 0 Å². The smallest absolute Gasteiger partial charge is 0.168 e. The third-order valence-electron chi connectivity index (χ3n) is 5.19. The van der Waals surface area contributed by atoms with E-state index in [1.165, 1.54) is 27.8 Å². The lowest BCUT2D eigenvalue weighted by molar-refractivity contribution is -0.116. The standard InChI is InChI=1S/C21H29NO3/c1-7-17(22-25-8-2)21-18(23)10-16(11-19(21)24)20-13(4)9-12(3)14(5)15(20)6/h9,16,23H,7-8,10-11H2,1-6H3/b22-17-. The Morgan fingerprint density at radius 1 is 1.16 bits per heavy atom. The number of rotatable bonds is 5. The second-order valence-electron chi connectivity index (χ2n) is 6.83. The summed E-state index contributed by atoms with van der Waals surface area (Å²) in [6, 6.07) is 2.17. The van der Waals surface area contributed by atoms with Crippen molar-refractivity contribution in [3.8, 4) is 0 Å². The van der Waals surface area contributed by atoms with Crippen LogP contribution in [-0.4, -0.2) is 23.2 Å². The van der Waals surface area contributed by atoms with Gasteiger partial charge in [-0.05, 0) is 74.8 Å². The summed E-state index contributed by atoms with van der Waals surface area (Å²) in [5, 5.41) is 14.6. The van der Waals surface area contributed by atoms with Gasteiger partial charge >= 0.3 is 0 Å². The van der Waals surface area contributed by atoms with Crippen LogP contribution in [0.15, 0.2) is 22.6 Å². The number of carbonyl (C=O) groups is 1. The molecule has 0 saturated heterocycles. The van der Waals surface area contributed by atoms with Crippen molar-refractivity contribution in [2.75, 3.05) is 6.61 Å². The van der Waals surface area contributed by atoms with Gasteiger partial charge in [0.05, 0.1) is 11.3 Å². The van der Waals surface area contributed by atoms with Crippen molar-refractivity contribution in [3.05, 3.63) is 45.2 Å². The number of nitrogens with zero attached hydrogens (tertiary/aromatic N) is 1. The van der Waals surface area contributed by atoms with Gasteiger partial charge in [0, 0.05) is 12.8 Å². The minimum atomic E-state index is -0.0499. The molecule has 4 nitrogen and oxygen atoms in total. The number of Topliss-reactive ketones (excluding diaryl/α,β-unsaturated/α-hetero) is 1. The first-order valence-electron chi connectivity index (χ1n) is 9.03. The van der Waals surface area contributed by atoms with Crippen molar-refractivity contribution in [1.82, 2.24) is 0 Å². The minimum absolute atomic E-state index is 0.0146. The predicted molar refractivity (Wildman–Crippen MR) is 101 cm³/mol. The molecule has 1 aliphatic carbocycles. The van der Waals surface area contributed by atoms with Gasteiger partial charge in [0.1, 0.15) is 12.4 Å². The Labute approximate surface area is 150 Å². The predicted octanol–water partition coefficient (Wildman–Crippen LogP) is 4.98. The number of ketones is 1. The molecule has 1 aromatic rings. The second kappa shape index (κ2) is 7.85. The molecule has 2 rings (SSSR count). The molecule has 1 N–H and O–H groups in total. The maximum absolute atomic E-state index is 12.8. The van der Waals surface area contributed by atoms with Crippen LogP contribution < -0.4 is 0 Å². The highest BCUT2D eigenvalue weighted by Gasteiger charge is 2.32. The largest absolute Gasteiger partial charge is 0.511 e. The summed E-state index contributed by atoms with van der Waals surface area (Å²) in [6.07, 6.45) is 1.42. The maximum Gasteiger partial charge on any atom is 0.168 e. The number of aliphatic hydroxyl groups is 1. The molecule has 0 bridgehead atoms. The average Bonchev–Trinajstić information content (AvgIpc) is 2.55. The SMILES string of the molecule is CCO/N=C(/CC)C1=C(O)CC(c2c(C)cc(C)c(C)c2C)CC1=O. The second-order valence-corrected chi connectivity index (χ2v) is 6.83. The van der Waals surface area contributed by atoms with Crippen LogP contribution in [0.1, 0.15) is 66.8 Å². The lowest BCUT2D eigenvalue weighted by Crippen LogP contribution is -2.24. The normalized spacial score (nSPS) is 18.7. The zero-order valence-electron chi connectivity index (χ0n) is 16.2. The third-order valence-corrected chi connectivity index (χ3v) is 5.19. The van der Waals surface area contributed by atoms with E-state index >= 15 is 0 Å². The molecule has 0 fully saturated rings. The molecular formula is C21H29NO3. The summed E-state index contributed by atoms with van der Waals surface area (Å²) in [6.45, 7) is 12.6. The molecule has 1 atom stereocenters. The van der Waals surface area contributed by atoms with E-state index in [4.69, 9.17) is 4.84 Å². The molecular weight excluding hydrogens is 314 g/mol. The van der Waals surface area contributed by atoms with Crippen molar-refractivity contribution in [2.45, 2.75) is 66.7 Å². The van der Waals surface area contributed by atoms with Gasteiger partial charge in [0.2, 0.25) is 0 Å². The van der Waals surface area contributed by atoms with Gasteiger partial charge in [-0.15, -0.1) is 0 Å². The van der Waals surface area contributed by atoms with E-state index in [2.05, 4.69) is 38.9 Å². The van der Waals surface area contributed by atoms with Crippen LogP contribution in [0.3, 0.4) is 0 Å². The van der Waals surface area contributed by atoms with Gasteiger partial charge in [0.15, 0.2) is 5.78 Å². The van der Waals surface area contributed by atoms with E-state index in [1.807, 2.05) is 13.8 Å². The number of aliphatic hydroxyl groups excluding tert-OH is 1.